The van der Waals surface area contributed by atoms with Crippen molar-refractivity contribution in [3.63, 3.8) is 0 Å². The van der Waals surface area contributed by atoms with Crippen LogP contribution in [0.25, 0.3) is 0 Å². The van der Waals surface area contributed by atoms with Crippen LogP contribution in [0.4, 0.5) is 15.9 Å². The second-order valence-corrected chi connectivity index (χ2v) is 10.9. The summed E-state index contributed by atoms with van der Waals surface area (Å²) in [5.41, 5.74) is 5.56. The van der Waals surface area contributed by atoms with E-state index in [9.17, 15) is 18.8 Å². The van der Waals surface area contributed by atoms with E-state index in [1.54, 1.807) is 39.0 Å². The third-order valence-electron chi connectivity index (χ3n) is 5.21. The number of anilines is 2. The molecule has 0 aliphatic carbocycles. The van der Waals surface area contributed by atoms with Crippen LogP contribution < -0.4 is 21.1 Å². The van der Waals surface area contributed by atoms with Gasteiger partial charge in [0.15, 0.2) is 0 Å². The summed E-state index contributed by atoms with van der Waals surface area (Å²) in [7, 11) is 0. The lowest BCUT2D eigenvalue weighted by Crippen LogP contribution is -2.30. The lowest BCUT2D eigenvalue weighted by Gasteiger charge is -2.21. The van der Waals surface area contributed by atoms with Gasteiger partial charge in [-0.05, 0) is 75.6 Å². The van der Waals surface area contributed by atoms with Gasteiger partial charge >= 0.3 is 5.97 Å². The molecule has 0 aliphatic rings. The molecular weight excluding hydrogens is 559 g/mol. The van der Waals surface area contributed by atoms with Crippen LogP contribution >= 0.6 is 23.4 Å². The van der Waals surface area contributed by atoms with E-state index in [1.807, 2.05) is 6.26 Å². The van der Waals surface area contributed by atoms with Crippen LogP contribution in [0.5, 0.6) is 5.75 Å². The highest BCUT2D eigenvalue weighted by atomic mass is 35.5. The van der Waals surface area contributed by atoms with E-state index >= 15 is 0 Å². The fourth-order valence-corrected chi connectivity index (χ4v) is 3.97. The Bertz CT molecular complexity index is 1380. The predicted molar refractivity (Wildman–Crippen MR) is 153 cm³/mol. The Labute approximate surface area is 241 Å². The minimum absolute atomic E-state index is 0.0265. The number of esters is 1. The predicted octanol–water partition coefficient (Wildman–Crippen LogP) is 5.89. The molecule has 212 valence electrons. The van der Waals surface area contributed by atoms with Gasteiger partial charge in [-0.3, -0.25) is 20.1 Å². The zero-order valence-corrected chi connectivity index (χ0v) is 24.0. The molecule has 12 heteroatoms. The Morgan fingerprint density at radius 3 is 2.42 bits per heavy atom. The molecule has 0 fully saturated rings. The molecular formula is C28H30ClFN4O5S. The van der Waals surface area contributed by atoms with Crippen LogP contribution in [-0.2, 0) is 9.53 Å². The Kier molecular flexibility index (Phi) is 10.5. The van der Waals surface area contributed by atoms with E-state index in [-0.39, 0.29) is 41.2 Å². The number of aromatic nitrogens is 1. The van der Waals surface area contributed by atoms with Crippen molar-refractivity contribution >= 4 is 52.7 Å². The second-order valence-electron chi connectivity index (χ2n) is 9.60. The number of nitrogens with one attached hydrogen (secondary N) is 2. The van der Waals surface area contributed by atoms with Crippen molar-refractivity contribution in [1.29, 1.82) is 0 Å². The first-order chi connectivity index (χ1) is 18.8. The number of ether oxygens (including phenoxy) is 2. The van der Waals surface area contributed by atoms with E-state index in [0.717, 1.165) is 17.0 Å². The average molecular weight is 589 g/mol. The number of rotatable bonds is 10. The number of nitrogens with zero attached hydrogens (tertiary/aromatic N) is 1. The van der Waals surface area contributed by atoms with Gasteiger partial charge in [-0.2, -0.15) is 0 Å². The Hall–Kier alpha value is -3.67. The summed E-state index contributed by atoms with van der Waals surface area (Å²) in [6, 6.07) is 11.4. The number of amides is 2. The average Bonchev–Trinajstić information content (AvgIpc) is 2.88. The van der Waals surface area contributed by atoms with Gasteiger partial charge in [0.25, 0.3) is 11.8 Å². The molecule has 0 radical (unpaired) electrons. The van der Waals surface area contributed by atoms with Gasteiger partial charge in [-0.25, -0.2) is 9.37 Å². The monoisotopic (exact) mass is 588 g/mol. The molecule has 0 saturated carbocycles. The quantitative estimate of drug-likeness (QED) is 0.152. The number of carbonyl (C=O) groups excluding carboxylic acids is 3. The van der Waals surface area contributed by atoms with Crippen molar-refractivity contribution in [2.24, 2.45) is 5.73 Å². The third-order valence-corrected chi connectivity index (χ3v) is 6.16. The van der Waals surface area contributed by atoms with Crippen molar-refractivity contribution in [2.75, 3.05) is 16.9 Å². The van der Waals surface area contributed by atoms with Gasteiger partial charge in [0.2, 0.25) is 0 Å². The largest absolute Gasteiger partial charge is 0.475 e. The molecule has 1 heterocycles. The molecule has 1 aromatic heterocycles. The third kappa shape index (κ3) is 9.22. The molecule has 40 heavy (non-hydrogen) atoms. The first-order valence-electron chi connectivity index (χ1n) is 12.2. The maximum Gasteiger partial charge on any atom is 0.306 e. The lowest BCUT2D eigenvalue weighted by atomic mass is 10.1. The maximum atomic E-state index is 14.1. The standard InChI is InChI=1S/C28H30ClFN4O5S/c1-28(2,3)39-25(35)12-10-23(31)38-22-14-18(40-4)7-8-19(22)26(36)33-21-9-6-17(30)13-20(21)27(37)34-24-11-5-16(29)15-32-24/h5-9,11,13-15,23H,10,12,31H2,1-4H3,(H,33,36)(H,32,34,37). The summed E-state index contributed by atoms with van der Waals surface area (Å²) in [5, 5.41) is 5.58. The topological polar surface area (TPSA) is 133 Å². The van der Waals surface area contributed by atoms with Gasteiger partial charge in [-0.1, -0.05) is 11.6 Å². The number of hydrogen-bond acceptors (Lipinski definition) is 8. The van der Waals surface area contributed by atoms with Crippen LogP contribution in [0.2, 0.25) is 5.02 Å². The van der Waals surface area contributed by atoms with E-state index < -0.39 is 35.4 Å². The van der Waals surface area contributed by atoms with Gasteiger partial charge < -0.3 is 20.1 Å². The van der Waals surface area contributed by atoms with Gasteiger partial charge in [0, 0.05) is 17.5 Å². The summed E-state index contributed by atoms with van der Waals surface area (Å²) in [6.45, 7) is 5.31. The highest BCUT2D eigenvalue weighted by Crippen LogP contribution is 2.28. The number of halogens is 2. The number of thioether (sulfide) groups is 1. The first kappa shape index (κ1) is 30.9. The van der Waals surface area contributed by atoms with E-state index in [4.69, 9.17) is 26.8 Å². The molecule has 0 saturated heterocycles. The summed E-state index contributed by atoms with van der Waals surface area (Å²) >= 11 is 7.27. The number of hydrogen-bond donors (Lipinski definition) is 3. The summed E-state index contributed by atoms with van der Waals surface area (Å²) in [6.07, 6.45) is 2.48. The molecule has 0 bridgehead atoms. The first-order valence-corrected chi connectivity index (χ1v) is 13.8. The summed E-state index contributed by atoms with van der Waals surface area (Å²) in [4.78, 5) is 43.1. The smallest absolute Gasteiger partial charge is 0.306 e. The second kappa shape index (κ2) is 13.6. The van der Waals surface area contributed by atoms with E-state index in [2.05, 4.69) is 15.6 Å². The normalized spacial score (nSPS) is 11.9. The van der Waals surface area contributed by atoms with E-state index in [0.29, 0.717) is 5.02 Å². The fraction of sp³-hybridized carbons (Fsp3) is 0.286. The molecule has 4 N–H and O–H groups in total. The van der Waals surface area contributed by atoms with E-state index in [1.165, 1.54) is 36.2 Å². The van der Waals surface area contributed by atoms with Gasteiger partial charge in [0.1, 0.15) is 29.2 Å². The molecule has 1 atom stereocenters. The van der Waals surface area contributed by atoms with Crippen LogP contribution in [0.3, 0.4) is 0 Å². The zero-order valence-electron chi connectivity index (χ0n) is 22.4. The summed E-state index contributed by atoms with van der Waals surface area (Å²) in [5.74, 6) is -2.02. The van der Waals surface area contributed by atoms with Crippen LogP contribution in [0.15, 0.2) is 59.6 Å². The van der Waals surface area contributed by atoms with Crippen molar-refractivity contribution < 1.29 is 28.2 Å². The van der Waals surface area contributed by atoms with Crippen LogP contribution in [-0.4, -0.2) is 40.9 Å². The Morgan fingerprint density at radius 2 is 1.77 bits per heavy atom. The highest BCUT2D eigenvalue weighted by molar-refractivity contribution is 7.98. The molecule has 1 unspecified atom stereocenters. The lowest BCUT2D eigenvalue weighted by molar-refractivity contribution is -0.155. The van der Waals surface area contributed by atoms with Crippen molar-refractivity contribution in [3.8, 4) is 5.75 Å². The maximum absolute atomic E-state index is 14.1. The van der Waals surface area contributed by atoms with Crippen LogP contribution in [0.1, 0.15) is 54.3 Å². The number of nitrogens with two attached hydrogens (primary N) is 1. The number of benzene rings is 2. The Balaban J connectivity index is 1.79. The molecule has 3 aromatic rings. The molecule has 0 aliphatic heterocycles. The van der Waals surface area contributed by atoms with Crippen molar-refractivity contribution in [1.82, 2.24) is 4.98 Å². The zero-order chi connectivity index (χ0) is 29.4. The molecule has 2 amide bonds. The van der Waals surface area contributed by atoms with Gasteiger partial charge in [0.05, 0.1) is 28.3 Å². The fourth-order valence-electron chi connectivity index (χ4n) is 3.43. The summed E-state index contributed by atoms with van der Waals surface area (Å²) < 4.78 is 25.2. The van der Waals surface area contributed by atoms with Gasteiger partial charge in [-0.15, -0.1) is 11.8 Å². The molecule has 0 spiro atoms. The highest BCUT2D eigenvalue weighted by Gasteiger charge is 2.21. The molecule has 2 aromatic carbocycles. The van der Waals surface area contributed by atoms with Crippen molar-refractivity contribution in [2.45, 2.75) is 50.3 Å². The van der Waals surface area contributed by atoms with Crippen molar-refractivity contribution in [3.05, 3.63) is 76.7 Å². The Morgan fingerprint density at radius 1 is 1.05 bits per heavy atom. The number of carbonyl (C=O) groups is 3. The van der Waals surface area contributed by atoms with Crippen LogP contribution in [0, 0.1) is 5.82 Å². The minimum atomic E-state index is -0.907. The molecule has 9 nitrogen and oxygen atoms in total. The molecule has 3 rings (SSSR count). The number of pyridine rings is 1. The minimum Gasteiger partial charge on any atom is -0.475 e. The SMILES string of the molecule is CSc1ccc(C(=O)Nc2ccc(F)cc2C(=O)Nc2ccc(Cl)cn2)c(OC(N)CCC(=O)OC(C)(C)C)c1.